The Morgan fingerprint density at radius 1 is 1.28 bits per heavy atom. The number of anilines is 1. The highest BCUT2D eigenvalue weighted by atomic mass is 35.5. The maximum atomic E-state index is 13.0. The van der Waals surface area contributed by atoms with Crippen LogP contribution >= 0.6 is 11.6 Å². The van der Waals surface area contributed by atoms with E-state index in [-0.39, 0.29) is 21.5 Å². The molecular weight excluding hydrogens is 456 g/mol. The molecule has 2 aromatic heterocycles. The average Bonchev–Trinajstić information content (AvgIpc) is 3.14. The predicted molar refractivity (Wildman–Crippen MR) is 121 cm³/mol. The van der Waals surface area contributed by atoms with Crippen LogP contribution in [0.5, 0.6) is 0 Å². The summed E-state index contributed by atoms with van der Waals surface area (Å²) >= 11 is 6.35. The van der Waals surface area contributed by atoms with Crippen LogP contribution in [0.2, 0.25) is 5.02 Å². The molecule has 4 heterocycles. The fourth-order valence-electron chi connectivity index (χ4n) is 4.35. The highest BCUT2D eigenvalue weighted by molar-refractivity contribution is 7.89. The number of aryl methyl sites for hydroxylation is 2. The van der Waals surface area contributed by atoms with Crippen LogP contribution < -0.4 is 10.9 Å². The van der Waals surface area contributed by atoms with Crippen LogP contribution in [0.15, 0.2) is 22.1 Å². The van der Waals surface area contributed by atoms with E-state index in [1.54, 1.807) is 20.2 Å². The lowest BCUT2D eigenvalue weighted by Gasteiger charge is -2.31. The summed E-state index contributed by atoms with van der Waals surface area (Å²) in [5, 5.41) is 11.8. The van der Waals surface area contributed by atoms with Crippen LogP contribution in [0.3, 0.4) is 0 Å². The van der Waals surface area contributed by atoms with Gasteiger partial charge >= 0.3 is 0 Å². The number of hydrogen-bond acceptors (Lipinski definition) is 7. The van der Waals surface area contributed by atoms with Gasteiger partial charge in [0.25, 0.3) is 5.56 Å². The number of sulfonamides is 1. The Labute approximate surface area is 192 Å². The number of nitrogens with zero attached hydrogens (tertiary/aromatic N) is 5. The first-order valence-corrected chi connectivity index (χ1v) is 12.7. The van der Waals surface area contributed by atoms with Crippen molar-refractivity contribution in [1.29, 1.82) is 0 Å². The molecule has 0 aliphatic carbocycles. The van der Waals surface area contributed by atoms with E-state index in [9.17, 15) is 13.2 Å². The molecular formula is C20H29ClN6O4S. The number of aromatic nitrogens is 4. The Bertz CT molecular complexity index is 1120. The van der Waals surface area contributed by atoms with Crippen molar-refractivity contribution in [3.05, 3.63) is 33.5 Å². The zero-order chi connectivity index (χ0) is 22.9. The van der Waals surface area contributed by atoms with Crippen molar-refractivity contribution >= 4 is 27.3 Å². The minimum atomic E-state index is -3.62. The maximum absolute atomic E-state index is 13.0. The quantitative estimate of drug-likeness (QED) is 0.665. The minimum absolute atomic E-state index is 0.109. The van der Waals surface area contributed by atoms with Crippen molar-refractivity contribution in [2.45, 2.75) is 43.5 Å². The molecule has 0 amide bonds. The molecule has 2 aliphatic rings. The van der Waals surface area contributed by atoms with Crippen molar-refractivity contribution in [2.24, 2.45) is 13.0 Å². The summed E-state index contributed by atoms with van der Waals surface area (Å²) in [6.45, 7) is 4.46. The Morgan fingerprint density at radius 3 is 2.66 bits per heavy atom. The Hall–Kier alpha value is -1.95. The van der Waals surface area contributed by atoms with Crippen LogP contribution in [-0.2, 0) is 21.8 Å². The zero-order valence-corrected chi connectivity index (χ0v) is 19.9. The molecule has 1 atom stereocenters. The van der Waals surface area contributed by atoms with Gasteiger partial charge in [-0.3, -0.25) is 9.48 Å². The number of nitrogens with one attached hydrogen (secondary N) is 1. The Morgan fingerprint density at radius 2 is 2.03 bits per heavy atom. The third kappa shape index (κ3) is 4.70. The van der Waals surface area contributed by atoms with Crippen molar-refractivity contribution < 1.29 is 13.2 Å². The number of hydrogen-bond donors (Lipinski definition) is 1. The van der Waals surface area contributed by atoms with E-state index < -0.39 is 10.0 Å². The third-order valence-corrected chi connectivity index (χ3v) is 8.50. The van der Waals surface area contributed by atoms with Crippen LogP contribution in [0.4, 0.5) is 5.69 Å². The second-order valence-electron chi connectivity index (χ2n) is 8.47. The maximum Gasteiger partial charge on any atom is 0.287 e. The molecule has 2 aromatic rings. The van der Waals surface area contributed by atoms with E-state index in [2.05, 4.69) is 15.5 Å². The molecule has 32 heavy (non-hydrogen) atoms. The first-order chi connectivity index (χ1) is 15.3. The summed E-state index contributed by atoms with van der Waals surface area (Å²) in [6.07, 6.45) is 6.18. The number of ether oxygens (including phenoxy) is 1. The average molecular weight is 485 g/mol. The lowest BCUT2D eigenvalue weighted by molar-refractivity contribution is 0.0595. The molecule has 0 spiro atoms. The van der Waals surface area contributed by atoms with Crippen LogP contribution in [-0.4, -0.2) is 65.1 Å². The highest BCUT2D eigenvalue weighted by Gasteiger charge is 2.33. The summed E-state index contributed by atoms with van der Waals surface area (Å²) in [5.41, 5.74) is 0.633. The fourth-order valence-corrected chi connectivity index (χ4v) is 6.22. The predicted octanol–water partition coefficient (Wildman–Crippen LogP) is 1.80. The zero-order valence-electron chi connectivity index (χ0n) is 18.3. The van der Waals surface area contributed by atoms with Gasteiger partial charge in [-0.1, -0.05) is 11.6 Å². The standard InChI is InChI=1S/C20H29ClN6O4S/c1-14-18(12-25(2)24-14)32(29,30)26-7-5-16(6-8-26)27-20(28)19(21)17(11-23-27)22-10-15-4-3-9-31-13-15/h11-12,15-16,22H,3-10,13H2,1-2H3/t15-/m1/s1. The van der Waals surface area contributed by atoms with Gasteiger partial charge in [0.15, 0.2) is 0 Å². The van der Waals surface area contributed by atoms with Gasteiger partial charge in [-0.05, 0) is 38.5 Å². The summed E-state index contributed by atoms with van der Waals surface area (Å²) in [5.74, 6) is 0.386. The molecule has 12 heteroatoms. The van der Waals surface area contributed by atoms with Crippen molar-refractivity contribution in [2.75, 3.05) is 38.2 Å². The van der Waals surface area contributed by atoms with Crippen molar-refractivity contribution in [1.82, 2.24) is 23.9 Å². The SMILES string of the molecule is Cc1nn(C)cc1S(=O)(=O)N1CCC(n2ncc(NC[C@H]3CCCOC3)c(Cl)c2=O)CC1. The van der Waals surface area contributed by atoms with Crippen LogP contribution in [0, 0.1) is 12.8 Å². The molecule has 2 aliphatic heterocycles. The second-order valence-corrected chi connectivity index (χ2v) is 10.8. The van der Waals surface area contributed by atoms with Gasteiger partial charge in [0.1, 0.15) is 9.92 Å². The van der Waals surface area contributed by atoms with Gasteiger partial charge in [-0.25, -0.2) is 13.1 Å². The van der Waals surface area contributed by atoms with E-state index in [4.69, 9.17) is 16.3 Å². The Kier molecular flexibility index (Phi) is 6.89. The van der Waals surface area contributed by atoms with Gasteiger partial charge in [0.2, 0.25) is 10.0 Å². The highest BCUT2D eigenvalue weighted by Crippen LogP contribution is 2.28. The van der Waals surface area contributed by atoms with E-state index >= 15 is 0 Å². The molecule has 0 aromatic carbocycles. The summed E-state index contributed by atoms with van der Waals surface area (Å²) in [7, 11) is -1.93. The van der Waals surface area contributed by atoms with E-state index in [0.717, 1.165) is 19.4 Å². The van der Waals surface area contributed by atoms with Gasteiger partial charge in [0, 0.05) is 39.5 Å². The number of piperidine rings is 1. The smallest absolute Gasteiger partial charge is 0.287 e. The molecule has 0 bridgehead atoms. The number of halogens is 1. The monoisotopic (exact) mass is 484 g/mol. The molecule has 2 fully saturated rings. The summed E-state index contributed by atoms with van der Waals surface area (Å²) in [6, 6.07) is -0.206. The van der Waals surface area contributed by atoms with Gasteiger partial charge in [0.05, 0.1) is 30.2 Å². The van der Waals surface area contributed by atoms with Crippen LogP contribution in [0.1, 0.15) is 37.4 Å². The molecule has 10 nitrogen and oxygen atoms in total. The van der Waals surface area contributed by atoms with E-state index in [0.29, 0.717) is 56.4 Å². The van der Waals surface area contributed by atoms with E-state index in [1.165, 1.54) is 19.9 Å². The minimum Gasteiger partial charge on any atom is -0.382 e. The molecule has 1 N–H and O–H groups in total. The molecule has 2 saturated heterocycles. The second kappa shape index (κ2) is 9.50. The third-order valence-electron chi connectivity index (χ3n) is 6.13. The molecule has 0 saturated carbocycles. The van der Waals surface area contributed by atoms with Crippen molar-refractivity contribution in [3.63, 3.8) is 0 Å². The fraction of sp³-hybridized carbons (Fsp3) is 0.650. The number of rotatable bonds is 6. The normalized spacial score (nSPS) is 21.0. The van der Waals surface area contributed by atoms with Gasteiger partial charge in [-0.2, -0.15) is 14.5 Å². The van der Waals surface area contributed by atoms with Gasteiger partial charge in [-0.15, -0.1) is 0 Å². The molecule has 4 rings (SSSR count). The lowest BCUT2D eigenvalue weighted by atomic mass is 10.0. The molecule has 0 radical (unpaired) electrons. The van der Waals surface area contributed by atoms with Gasteiger partial charge < -0.3 is 10.1 Å². The lowest BCUT2D eigenvalue weighted by Crippen LogP contribution is -2.41. The van der Waals surface area contributed by atoms with Crippen LogP contribution in [0.25, 0.3) is 0 Å². The molecule has 0 unspecified atom stereocenters. The van der Waals surface area contributed by atoms with E-state index in [1.807, 2.05) is 0 Å². The largest absolute Gasteiger partial charge is 0.382 e. The topological polar surface area (TPSA) is 111 Å². The first-order valence-electron chi connectivity index (χ1n) is 10.9. The van der Waals surface area contributed by atoms with Crippen molar-refractivity contribution in [3.8, 4) is 0 Å². The molecule has 176 valence electrons. The first kappa shape index (κ1) is 23.2. The summed E-state index contributed by atoms with van der Waals surface area (Å²) < 4.78 is 35.8. The summed E-state index contributed by atoms with van der Waals surface area (Å²) in [4.78, 5) is 13.1. The Balaban J connectivity index is 1.41.